The summed E-state index contributed by atoms with van der Waals surface area (Å²) in [6.45, 7) is 0. The molecule has 0 unspecified atom stereocenters. The summed E-state index contributed by atoms with van der Waals surface area (Å²) in [5.74, 6) is -0.112. The number of rotatable bonds is 4. The Morgan fingerprint density at radius 2 is 1.89 bits per heavy atom. The predicted molar refractivity (Wildman–Crippen MR) is 70.7 cm³/mol. The van der Waals surface area contributed by atoms with Crippen LogP contribution in [0, 0.1) is 0 Å². The van der Waals surface area contributed by atoms with Crippen molar-refractivity contribution in [3.05, 3.63) is 53.9 Å². The van der Waals surface area contributed by atoms with E-state index < -0.39 is 15.8 Å². The van der Waals surface area contributed by atoms with Gasteiger partial charge in [-0.05, 0) is 23.8 Å². The minimum atomic E-state index is -3.06. The lowest BCUT2D eigenvalue weighted by molar-refractivity contribution is 0.0735. The lowest BCUT2D eigenvalue weighted by Crippen LogP contribution is -2.07. The second-order valence-electron chi connectivity index (χ2n) is 4.20. The molecule has 0 bridgehead atoms. The third-order valence-electron chi connectivity index (χ3n) is 2.40. The molecule has 6 heteroatoms. The second-order valence-corrected chi connectivity index (χ2v) is 6.34. The van der Waals surface area contributed by atoms with Crippen molar-refractivity contribution < 1.29 is 17.9 Å². The molecule has 1 heterocycles. The van der Waals surface area contributed by atoms with Crippen molar-refractivity contribution in [2.45, 2.75) is 5.75 Å². The molecule has 19 heavy (non-hydrogen) atoms. The Labute approximate surface area is 111 Å². The number of aromatic nitrogens is 1. The molecule has 5 nitrogen and oxygen atoms in total. The summed E-state index contributed by atoms with van der Waals surface area (Å²) < 4.78 is 27.4. The Kier molecular flexibility index (Phi) is 3.71. The molecule has 100 valence electrons. The molecule has 0 radical (unpaired) electrons. The maximum atomic E-state index is 11.7. The standard InChI is InChI=1S/C13H13NO4S/c1-19(16,17)9-10-2-4-12(5-3-10)18-13(15)11-6-7-14-8-11/h2-8,14H,9H2,1H3. The second kappa shape index (κ2) is 5.27. The summed E-state index contributed by atoms with van der Waals surface area (Å²) in [5.41, 5.74) is 1.09. The number of hydrogen-bond donors (Lipinski definition) is 1. The molecule has 0 atom stereocenters. The highest BCUT2D eigenvalue weighted by Gasteiger charge is 2.09. The van der Waals surface area contributed by atoms with Gasteiger partial charge >= 0.3 is 5.97 Å². The molecule has 1 N–H and O–H groups in total. The zero-order chi connectivity index (χ0) is 13.9. The Balaban J connectivity index is 2.05. The van der Waals surface area contributed by atoms with Crippen molar-refractivity contribution in [1.29, 1.82) is 0 Å². The highest BCUT2D eigenvalue weighted by molar-refractivity contribution is 7.89. The van der Waals surface area contributed by atoms with E-state index in [9.17, 15) is 13.2 Å². The van der Waals surface area contributed by atoms with Crippen molar-refractivity contribution >= 4 is 15.8 Å². The van der Waals surface area contributed by atoms with Crippen molar-refractivity contribution in [3.8, 4) is 5.75 Å². The van der Waals surface area contributed by atoms with Gasteiger partial charge in [0.25, 0.3) is 0 Å². The number of carbonyl (C=O) groups is 1. The first-order valence-electron chi connectivity index (χ1n) is 5.56. The fourth-order valence-electron chi connectivity index (χ4n) is 1.57. The Morgan fingerprint density at radius 1 is 1.21 bits per heavy atom. The van der Waals surface area contributed by atoms with Gasteiger partial charge in [-0.1, -0.05) is 12.1 Å². The summed E-state index contributed by atoms with van der Waals surface area (Å²) >= 11 is 0. The average molecular weight is 279 g/mol. The zero-order valence-corrected chi connectivity index (χ0v) is 11.1. The summed E-state index contributed by atoms with van der Waals surface area (Å²) in [7, 11) is -3.06. The molecule has 2 rings (SSSR count). The molecular weight excluding hydrogens is 266 g/mol. The summed E-state index contributed by atoms with van der Waals surface area (Å²) in [6, 6.07) is 8.01. The van der Waals surface area contributed by atoms with Crippen LogP contribution in [0.2, 0.25) is 0 Å². The van der Waals surface area contributed by atoms with Crippen molar-refractivity contribution in [3.63, 3.8) is 0 Å². The van der Waals surface area contributed by atoms with Gasteiger partial charge in [-0.3, -0.25) is 0 Å². The van der Waals surface area contributed by atoms with Crippen LogP contribution in [0.3, 0.4) is 0 Å². The Morgan fingerprint density at radius 3 is 2.42 bits per heavy atom. The smallest absolute Gasteiger partial charge is 0.345 e. The van der Waals surface area contributed by atoms with Gasteiger partial charge in [-0.2, -0.15) is 0 Å². The third-order valence-corrected chi connectivity index (χ3v) is 3.25. The molecule has 0 amide bonds. The van der Waals surface area contributed by atoms with Gasteiger partial charge in [0.1, 0.15) is 5.75 Å². The summed E-state index contributed by atoms with van der Waals surface area (Å²) in [6.07, 6.45) is 4.35. The number of hydrogen-bond acceptors (Lipinski definition) is 4. The van der Waals surface area contributed by atoms with E-state index in [1.54, 1.807) is 42.7 Å². The first-order chi connectivity index (χ1) is 8.94. The van der Waals surface area contributed by atoms with Gasteiger partial charge in [0.2, 0.25) is 0 Å². The molecule has 0 aliphatic heterocycles. The van der Waals surface area contributed by atoms with Crippen LogP contribution in [0.1, 0.15) is 15.9 Å². The van der Waals surface area contributed by atoms with Gasteiger partial charge in [-0.15, -0.1) is 0 Å². The van der Waals surface area contributed by atoms with E-state index in [4.69, 9.17) is 4.74 Å². The first kappa shape index (κ1) is 13.4. The molecule has 1 aromatic carbocycles. The fourth-order valence-corrected chi connectivity index (χ4v) is 2.37. The van der Waals surface area contributed by atoms with Crippen molar-refractivity contribution in [2.24, 2.45) is 0 Å². The summed E-state index contributed by atoms with van der Waals surface area (Å²) in [5, 5.41) is 0. The number of aromatic amines is 1. The number of carbonyl (C=O) groups excluding carboxylic acids is 1. The average Bonchev–Trinajstić information content (AvgIpc) is 2.83. The van der Waals surface area contributed by atoms with Crippen LogP contribution in [0.15, 0.2) is 42.7 Å². The van der Waals surface area contributed by atoms with E-state index in [0.29, 0.717) is 16.9 Å². The van der Waals surface area contributed by atoms with Crippen molar-refractivity contribution in [1.82, 2.24) is 4.98 Å². The number of H-pyrrole nitrogens is 1. The van der Waals surface area contributed by atoms with E-state index >= 15 is 0 Å². The van der Waals surface area contributed by atoms with Gasteiger partial charge < -0.3 is 9.72 Å². The van der Waals surface area contributed by atoms with Crippen LogP contribution in [-0.2, 0) is 15.6 Å². The zero-order valence-electron chi connectivity index (χ0n) is 10.3. The number of benzene rings is 1. The highest BCUT2D eigenvalue weighted by Crippen LogP contribution is 2.15. The lowest BCUT2D eigenvalue weighted by atomic mass is 10.2. The van der Waals surface area contributed by atoms with Crippen LogP contribution >= 0.6 is 0 Å². The molecule has 0 fully saturated rings. The van der Waals surface area contributed by atoms with Gasteiger partial charge in [0, 0.05) is 18.6 Å². The molecular formula is C13H13NO4S. The monoisotopic (exact) mass is 279 g/mol. The minimum Gasteiger partial charge on any atom is -0.423 e. The number of esters is 1. The summed E-state index contributed by atoms with van der Waals surface area (Å²) in [4.78, 5) is 14.4. The fraction of sp³-hybridized carbons (Fsp3) is 0.154. The molecule has 0 aliphatic carbocycles. The third kappa shape index (κ3) is 3.96. The quantitative estimate of drug-likeness (QED) is 0.683. The predicted octanol–water partition coefficient (Wildman–Crippen LogP) is 1.78. The van der Waals surface area contributed by atoms with Crippen LogP contribution in [0.5, 0.6) is 5.75 Å². The number of sulfone groups is 1. The SMILES string of the molecule is CS(=O)(=O)Cc1ccc(OC(=O)c2cc[nH]c2)cc1. The van der Waals surface area contributed by atoms with Crippen LogP contribution in [0.25, 0.3) is 0 Å². The lowest BCUT2D eigenvalue weighted by Gasteiger charge is -2.04. The molecule has 2 aromatic rings. The molecule has 0 saturated carbocycles. The van der Waals surface area contributed by atoms with E-state index in [0.717, 1.165) is 0 Å². The maximum absolute atomic E-state index is 11.7. The van der Waals surface area contributed by atoms with Crippen LogP contribution in [-0.4, -0.2) is 25.6 Å². The largest absolute Gasteiger partial charge is 0.423 e. The van der Waals surface area contributed by atoms with Gasteiger partial charge in [0.15, 0.2) is 9.84 Å². The molecule has 1 aromatic heterocycles. The van der Waals surface area contributed by atoms with E-state index in [-0.39, 0.29) is 5.75 Å². The molecule has 0 spiro atoms. The first-order valence-corrected chi connectivity index (χ1v) is 7.62. The maximum Gasteiger partial charge on any atom is 0.345 e. The number of ether oxygens (including phenoxy) is 1. The topological polar surface area (TPSA) is 76.2 Å². The van der Waals surface area contributed by atoms with Crippen molar-refractivity contribution in [2.75, 3.05) is 6.26 Å². The van der Waals surface area contributed by atoms with Gasteiger partial charge in [-0.25, -0.2) is 13.2 Å². The number of nitrogens with one attached hydrogen (secondary N) is 1. The van der Waals surface area contributed by atoms with Crippen LogP contribution < -0.4 is 4.74 Å². The van der Waals surface area contributed by atoms with E-state index in [2.05, 4.69) is 4.98 Å². The van der Waals surface area contributed by atoms with Crippen LogP contribution in [0.4, 0.5) is 0 Å². The molecule has 0 aliphatic rings. The minimum absolute atomic E-state index is 0.0287. The van der Waals surface area contributed by atoms with Gasteiger partial charge in [0.05, 0.1) is 11.3 Å². The normalized spacial score (nSPS) is 11.2. The van der Waals surface area contributed by atoms with E-state index in [1.807, 2.05) is 0 Å². The molecule has 0 saturated heterocycles. The highest BCUT2D eigenvalue weighted by atomic mass is 32.2. The Bertz CT molecular complexity index is 657. The van der Waals surface area contributed by atoms with E-state index in [1.165, 1.54) is 6.26 Å². The Hall–Kier alpha value is -2.08.